The van der Waals surface area contributed by atoms with E-state index in [1.54, 1.807) is 11.0 Å². The third-order valence-electron chi connectivity index (χ3n) is 5.45. The molecule has 162 valence electrons. The summed E-state index contributed by atoms with van der Waals surface area (Å²) in [5.74, 6) is 1.29. The van der Waals surface area contributed by atoms with Crippen LogP contribution in [0.4, 0.5) is 5.69 Å². The molecule has 0 radical (unpaired) electrons. The van der Waals surface area contributed by atoms with E-state index < -0.39 is 0 Å². The van der Waals surface area contributed by atoms with E-state index in [4.69, 9.17) is 4.42 Å². The minimum atomic E-state index is -0.0972. The van der Waals surface area contributed by atoms with Crippen LogP contribution in [-0.2, 0) is 4.79 Å². The van der Waals surface area contributed by atoms with Crippen molar-refractivity contribution in [2.45, 2.75) is 6.92 Å². The van der Waals surface area contributed by atoms with Crippen molar-refractivity contribution in [2.75, 3.05) is 4.90 Å². The van der Waals surface area contributed by atoms with Gasteiger partial charge in [0.2, 0.25) is 0 Å². The van der Waals surface area contributed by atoms with E-state index in [2.05, 4.69) is 31.9 Å². The summed E-state index contributed by atoms with van der Waals surface area (Å²) in [5, 5.41) is 0. The van der Waals surface area contributed by atoms with E-state index in [0.29, 0.717) is 11.3 Å². The average Bonchev–Trinajstić information content (AvgIpc) is 3.40. The van der Waals surface area contributed by atoms with Crippen LogP contribution in [0.2, 0.25) is 0 Å². The van der Waals surface area contributed by atoms with E-state index in [-0.39, 0.29) is 5.91 Å². The normalized spacial score (nSPS) is 14.8. The van der Waals surface area contributed by atoms with Crippen molar-refractivity contribution in [3.05, 3.63) is 122 Å². The van der Waals surface area contributed by atoms with E-state index in [9.17, 15) is 4.79 Å². The summed E-state index contributed by atoms with van der Waals surface area (Å²) < 4.78 is 7.92. The molecule has 5 heteroatoms. The lowest BCUT2D eigenvalue weighted by molar-refractivity contribution is -0.113. The molecule has 33 heavy (non-hydrogen) atoms. The Morgan fingerprint density at radius 3 is 2.33 bits per heavy atom. The molecule has 3 nitrogen and oxygen atoms in total. The first-order chi connectivity index (χ1) is 16.0. The molecule has 0 saturated carbocycles. The number of carbonyl (C=O) groups excluding carboxylic acids is 1. The predicted molar refractivity (Wildman–Crippen MR) is 141 cm³/mol. The quantitative estimate of drug-likeness (QED) is 0.235. The van der Waals surface area contributed by atoms with Gasteiger partial charge in [0.05, 0.1) is 11.4 Å². The zero-order valence-corrected chi connectivity index (χ0v) is 20.9. The summed E-state index contributed by atoms with van der Waals surface area (Å²) in [5.41, 5.74) is 5.27. The Hall–Kier alpha value is -3.15. The smallest absolute Gasteiger partial charge is 0.263 e. The first kappa shape index (κ1) is 21.7. The molecule has 0 fully saturated rings. The number of hydrogen-bond acceptors (Lipinski definition) is 2. The molecule has 0 spiro atoms. The van der Waals surface area contributed by atoms with Crippen LogP contribution in [0.1, 0.15) is 16.9 Å². The highest BCUT2D eigenvalue weighted by Gasteiger charge is 2.31. The molecule has 1 aromatic heterocycles. The molecule has 2 heterocycles. The first-order valence-electron chi connectivity index (χ1n) is 10.4. The minimum Gasteiger partial charge on any atom is -0.457 e. The summed E-state index contributed by atoms with van der Waals surface area (Å²) in [6.07, 6.45) is 3.72. The Morgan fingerprint density at radius 1 is 0.848 bits per heavy atom. The highest BCUT2D eigenvalue weighted by atomic mass is 79.9. The van der Waals surface area contributed by atoms with Crippen LogP contribution in [0, 0.1) is 6.92 Å². The van der Waals surface area contributed by atoms with Crippen LogP contribution >= 0.6 is 31.9 Å². The van der Waals surface area contributed by atoms with Crippen LogP contribution in [0.3, 0.4) is 0 Å². The van der Waals surface area contributed by atoms with Crippen molar-refractivity contribution >= 4 is 55.2 Å². The highest BCUT2D eigenvalue weighted by Crippen LogP contribution is 2.39. The van der Waals surface area contributed by atoms with Crippen molar-refractivity contribution in [3.63, 3.8) is 0 Å². The van der Waals surface area contributed by atoms with Gasteiger partial charge in [-0.25, -0.2) is 0 Å². The zero-order valence-electron chi connectivity index (χ0n) is 17.8. The number of carbonyl (C=O) groups is 1. The number of amides is 1. The minimum absolute atomic E-state index is 0.0972. The molecule has 0 unspecified atom stereocenters. The average molecular weight is 561 g/mol. The summed E-state index contributed by atoms with van der Waals surface area (Å²) in [4.78, 5) is 15.3. The van der Waals surface area contributed by atoms with Crippen LogP contribution in [-0.4, -0.2) is 5.91 Å². The molecule has 4 aromatic rings. The lowest BCUT2D eigenvalue weighted by Gasteiger charge is -2.22. The second-order valence-electron chi connectivity index (χ2n) is 7.80. The van der Waals surface area contributed by atoms with Gasteiger partial charge < -0.3 is 4.42 Å². The Balaban J connectivity index is 1.56. The summed E-state index contributed by atoms with van der Waals surface area (Å²) in [6, 6.07) is 27.7. The molecule has 5 rings (SSSR count). The lowest BCUT2D eigenvalue weighted by atomic mass is 10.1. The molecular weight excluding hydrogens is 542 g/mol. The second-order valence-corrected chi connectivity index (χ2v) is 9.57. The highest BCUT2D eigenvalue weighted by molar-refractivity contribution is 9.10. The molecule has 0 aliphatic carbocycles. The standard InChI is InChI=1S/C28H19Br2NO2/c1-18-7-13-25(24(30)15-18)31-26(19-5-3-2-4-6-19)17-21(28(31)32)16-23-12-14-27(33-23)20-8-10-22(29)11-9-20/h2-17H,1H3. The van der Waals surface area contributed by atoms with Gasteiger partial charge in [-0.3, -0.25) is 9.69 Å². The lowest BCUT2D eigenvalue weighted by Crippen LogP contribution is -2.25. The van der Waals surface area contributed by atoms with E-state index in [1.807, 2.05) is 97.9 Å². The number of aryl methyl sites for hydroxylation is 1. The fourth-order valence-corrected chi connectivity index (χ4v) is 4.76. The van der Waals surface area contributed by atoms with Gasteiger partial charge >= 0.3 is 0 Å². The monoisotopic (exact) mass is 559 g/mol. The topological polar surface area (TPSA) is 33.5 Å². The molecule has 3 aromatic carbocycles. The predicted octanol–water partition coefficient (Wildman–Crippen LogP) is 8.25. The van der Waals surface area contributed by atoms with Gasteiger partial charge in [0.25, 0.3) is 5.91 Å². The van der Waals surface area contributed by atoms with E-state index in [1.165, 1.54) is 0 Å². The largest absolute Gasteiger partial charge is 0.457 e. The van der Waals surface area contributed by atoms with Crippen LogP contribution < -0.4 is 4.90 Å². The van der Waals surface area contributed by atoms with Crippen molar-refractivity contribution in [1.82, 2.24) is 0 Å². The Morgan fingerprint density at radius 2 is 1.61 bits per heavy atom. The van der Waals surface area contributed by atoms with E-state index >= 15 is 0 Å². The van der Waals surface area contributed by atoms with Gasteiger partial charge in [-0.2, -0.15) is 0 Å². The third-order valence-corrected chi connectivity index (χ3v) is 6.61. The maximum Gasteiger partial charge on any atom is 0.263 e. The Kier molecular flexibility index (Phi) is 5.92. The van der Waals surface area contributed by atoms with Crippen LogP contribution in [0.5, 0.6) is 0 Å². The van der Waals surface area contributed by atoms with Gasteiger partial charge in [0, 0.05) is 20.1 Å². The number of anilines is 1. The first-order valence-corrected chi connectivity index (χ1v) is 12.0. The van der Waals surface area contributed by atoms with Crippen LogP contribution in [0.25, 0.3) is 23.1 Å². The number of hydrogen-bond donors (Lipinski definition) is 0. The number of furan rings is 1. The molecule has 0 N–H and O–H groups in total. The Bertz CT molecular complexity index is 1400. The molecular formula is C28H19Br2NO2. The van der Waals surface area contributed by atoms with Gasteiger partial charge in [-0.05, 0) is 82.5 Å². The van der Waals surface area contributed by atoms with Gasteiger partial charge in [0.15, 0.2) is 0 Å². The van der Waals surface area contributed by atoms with Gasteiger partial charge in [0.1, 0.15) is 11.5 Å². The fourth-order valence-electron chi connectivity index (χ4n) is 3.82. The summed E-state index contributed by atoms with van der Waals surface area (Å²) in [6.45, 7) is 2.03. The second kappa shape index (κ2) is 9.00. The number of rotatable bonds is 4. The number of halogens is 2. The Labute approximate surface area is 209 Å². The molecule has 1 aliphatic heterocycles. The fraction of sp³-hybridized carbons (Fsp3) is 0.0357. The molecule has 1 aliphatic rings. The SMILES string of the molecule is Cc1ccc(N2C(=O)C(=Cc3ccc(-c4ccc(Br)cc4)o3)C=C2c2ccccc2)c(Br)c1. The summed E-state index contributed by atoms with van der Waals surface area (Å²) >= 11 is 7.10. The van der Waals surface area contributed by atoms with Crippen molar-refractivity contribution in [1.29, 1.82) is 0 Å². The van der Waals surface area contributed by atoms with Crippen molar-refractivity contribution < 1.29 is 9.21 Å². The molecule has 0 atom stereocenters. The number of benzene rings is 3. The maximum absolute atomic E-state index is 13.6. The zero-order chi connectivity index (χ0) is 22.9. The van der Waals surface area contributed by atoms with E-state index in [0.717, 1.165) is 42.8 Å². The third kappa shape index (κ3) is 4.39. The maximum atomic E-state index is 13.6. The molecule has 1 amide bonds. The van der Waals surface area contributed by atoms with Gasteiger partial charge in [-0.1, -0.05) is 64.5 Å². The summed E-state index contributed by atoms with van der Waals surface area (Å²) in [7, 11) is 0. The molecule has 0 bridgehead atoms. The van der Waals surface area contributed by atoms with Crippen molar-refractivity contribution in [3.8, 4) is 11.3 Å². The van der Waals surface area contributed by atoms with Crippen molar-refractivity contribution in [2.24, 2.45) is 0 Å². The number of nitrogens with zero attached hydrogens (tertiary/aromatic N) is 1. The van der Waals surface area contributed by atoms with Gasteiger partial charge in [-0.15, -0.1) is 0 Å². The molecule has 0 saturated heterocycles. The van der Waals surface area contributed by atoms with Crippen LogP contribution in [0.15, 0.2) is 110 Å².